The van der Waals surface area contributed by atoms with Gasteiger partial charge in [-0.25, -0.2) is 19.6 Å². The van der Waals surface area contributed by atoms with Crippen LogP contribution in [0.1, 0.15) is 31.8 Å². The van der Waals surface area contributed by atoms with Crippen LogP contribution in [0.4, 0.5) is 0 Å². The number of benzene rings is 6. The van der Waals surface area contributed by atoms with Crippen LogP contribution in [0.5, 0.6) is 11.5 Å². The Morgan fingerprint density at radius 1 is 0.404 bits per heavy atom. The van der Waals surface area contributed by atoms with Gasteiger partial charge in [0.15, 0.2) is 0 Å². The lowest BCUT2D eigenvalue weighted by Crippen LogP contribution is -2.13. The van der Waals surface area contributed by atoms with Gasteiger partial charge in [0.1, 0.15) is 11.5 Å². The fourth-order valence-electron chi connectivity index (χ4n) is 6.13. The summed E-state index contributed by atoms with van der Waals surface area (Å²) in [4.78, 5) is 37.3. The maximum Gasteiger partial charge on any atom is 0.344 e. The highest BCUT2D eigenvalue weighted by Gasteiger charge is 2.22. The van der Waals surface area contributed by atoms with E-state index in [2.05, 4.69) is 0 Å². The van der Waals surface area contributed by atoms with Crippen LogP contribution in [0.15, 0.2) is 146 Å². The molecule has 0 aliphatic heterocycles. The van der Waals surface area contributed by atoms with Crippen LogP contribution in [0.2, 0.25) is 0 Å². The second-order valence-corrected chi connectivity index (χ2v) is 11.2. The van der Waals surface area contributed by atoms with E-state index >= 15 is 0 Å². The van der Waals surface area contributed by atoms with Crippen molar-refractivity contribution in [2.24, 2.45) is 0 Å². The third-order valence-corrected chi connectivity index (χ3v) is 8.32. The lowest BCUT2D eigenvalue weighted by Gasteiger charge is -2.15. The Morgan fingerprint density at radius 3 is 1.06 bits per heavy atom. The lowest BCUT2D eigenvalue weighted by atomic mass is 10.0. The zero-order valence-electron chi connectivity index (χ0n) is 25.1. The molecule has 0 spiro atoms. The van der Waals surface area contributed by atoms with Crippen molar-refractivity contribution < 1.29 is 19.1 Å². The highest BCUT2D eigenvalue weighted by atomic mass is 16.5. The minimum absolute atomic E-state index is 0.364. The summed E-state index contributed by atoms with van der Waals surface area (Å²) in [5.74, 6) is -0.0868. The first-order valence-electron chi connectivity index (χ1n) is 15.3. The average Bonchev–Trinajstić information content (AvgIpc) is 3.11. The van der Waals surface area contributed by atoms with E-state index in [0.717, 1.165) is 54.7 Å². The molecule has 0 aliphatic carbocycles. The molecule has 0 unspecified atom stereocenters. The van der Waals surface area contributed by atoms with Crippen LogP contribution < -0.4 is 9.47 Å². The number of hydrogen-bond donors (Lipinski definition) is 0. The maximum absolute atomic E-state index is 13.9. The third-order valence-electron chi connectivity index (χ3n) is 8.32. The molecule has 2 heterocycles. The number of nitrogens with zero attached hydrogens (tertiary/aromatic N) is 2. The Kier molecular flexibility index (Phi) is 7.08. The molecule has 0 saturated heterocycles. The summed E-state index contributed by atoms with van der Waals surface area (Å²) in [6.45, 7) is 0. The van der Waals surface area contributed by atoms with Gasteiger partial charge in [-0.2, -0.15) is 0 Å². The zero-order chi connectivity index (χ0) is 31.7. The summed E-state index contributed by atoms with van der Waals surface area (Å²) in [5, 5.41) is 2.90. The number of ether oxygens (including phenoxy) is 2. The van der Waals surface area contributed by atoms with Crippen molar-refractivity contribution in [3.63, 3.8) is 0 Å². The van der Waals surface area contributed by atoms with Gasteiger partial charge < -0.3 is 9.47 Å². The predicted molar refractivity (Wildman–Crippen MR) is 184 cm³/mol. The fourth-order valence-corrected chi connectivity index (χ4v) is 6.13. The van der Waals surface area contributed by atoms with Crippen molar-refractivity contribution in [3.8, 4) is 11.5 Å². The molecule has 0 atom stereocenters. The van der Waals surface area contributed by atoms with E-state index < -0.39 is 11.9 Å². The molecule has 6 aromatic carbocycles. The Labute approximate surface area is 269 Å². The van der Waals surface area contributed by atoms with Crippen molar-refractivity contribution >= 4 is 55.6 Å². The molecule has 0 radical (unpaired) electrons. The van der Waals surface area contributed by atoms with E-state index in [1.54, 1.807) is 12.1 Å². The fraction of sp³-hybridized carbons (Fsp3) is 0.0244. The first kappa shape index (κ1) is 28.1. The number of carbonyl (C=O) groups is 2. The monoisotopic (exact) mass is 610 g/mol. The molecular weight excluding hydrogens is 584 g/mol. The van der Waals surface area contributed by atoms with Crippen molar-refractivity contribution in [3.05, 3.63) is 168 Å². The molecule has 8 aromatic rings. The molecule has 0 amide bonds. The molecule has 0 fully saturated rings. The normalized spacial score (nSPS) is 11.2. The number of carbonyl (C=O) groups excluding carboxylic acids is 2. The molecule has 0 bridgehead atoms. The van der Waals surface area contributed by atoms with E-state index in [4.69, 9.17) is 19.4 Å². The summed E-state index contributed by atoms with van der Waals surface area (Å²) in [6.07, 6.45) is 0.364. The van der Waals surface area contributed by atoms with Crippen LogP contribution in [-0.4, -0.2) is 21.9 Å². The largest absolute Gasteiger partial charge is 0.423 e. The molecule has 6 nitrogen and oxygen atoms in total. The number of hydrogen-bond acceptors (Lipinski definition) is 6. The minimum Gasteiger partial charge on any atom is -0.423 e. The van der Waals surface area contributed by atoms with E-state index in [-0.39, 0.29) is 0 Å². The Hall–Kier alpha value is -6.40. The van der Waals surface area contributed by atoms with Crippen LogP contribution in [0.3, 0.4) is 0 Å². The predicted octanol–water partition coefficient (Wildman–Crippen LogP) is 9.12. The van der Waals surface area contributed by atoms with Crippen LogP contribution in [0.25, 0.3) is 43.6 Å². The summed E-state index contributed by atoms with van der Waals surface area (Å²) in [7, 11) is 0. The van der Waals surface area contributed by atoms with E-state index in [1.807, 2.05) is 133 Å². The number of aromatic nitrogens is 2. The lowest BCUT2D eigenvalue weighted by molar-refractivity contribution is 0.0729. The van der Waals surface area contributed by atoms with Gasteiger partial charge in [0.05, 0.1) is 33.2 Å². The van der Waals surface area contributed by atoms with Gasteiger partial charge >= 0.3 is 11.9 Å². The van der Waals surface area contributed by atoms with E-state index in [0.29, 0.717) is 29.0 Å². The third kappa shape index (κ3) is 5.22. The standard InChI is InChI=1S/C41H26N2O4/c44-40(38-28-15-3-7-19-32(28)42-33-20-8-4-16-29(33)38)46-36-23-11-1-13-26(36)25-27-14-2-12-24-37(27)47-41(45)39-30-17-5-9-21-34(30)43-35-22-10-6-18-31(35)39/h1-24H,25H2. The highest BCUT2D eigenvalue weighted by Crippen LogP contribution is 2.32. The zero-order valence-corrected chi connectivity index (χ0v) is 25.1. The molecule has 0 N–H and O–H groups in total. The highest BCUT2D eigenvalue weighted by molar-refractivity contribution is 6.16. The molecule has 224 valence electrons. The number of fused-ring (bicyclic) bond motifs is 4. The Morgan fingerprint density at radius 2 is 0.702 bits per heavy atom. The van der Waals surface area contributed by atoms with Gasteiger partial charge in [-0.1, -0.05) is 109 Å². The van der Waals surface area contributed by atoms with Gasteiger partial charge in [-0.05, 0) is 47.5 Å². The summed E-state index contributed by atoms with van der Waals surface area (Å²) < 4.78 is 12.3. The van der Waals surface area contributed by atoms with Crippen molar-refractivity contribution in [2.45, 2.75) is 6.42 Å². The van der Waals surface area contributed by atoms with E-state index in [1.165, 1.54) is 0 Å². The van der Waals surface area contributed by atoms with Crippen molar-refractivity contribution in [1.29, 1.82) is 0 Å². The number of esters is 2. The van der Waals surface area contributed by atoms with Gasteiger partial charge in [0, 0.05) is 28.0 Å². The van der Waals surface area contributed by atoms with Gasteiger partial charge in [-0.3, -0.25) is 0 Å². The van der Waals surface area contributed by atoms with Gasteiger partial charge in [-0.15, -0.1) is 0 Å². The number of pyridine rings is 2. The first-order chi connectivity index (χ1) is 23.1. The summed E-state index contributed by atoms with van der Waals surface area (Å²) in [5.41, 5.74) is 5.35. The summed E-state index contributed by atoms with van der Waals surface area (Å²) >= 11 is 0. The van der Waals surface area contributed by atoms with Gasteiger partial charge in [0.25, 0.3) is 0 Å². The minimum atomic E-state index is -0.469. The van der Waals surface area contributed by atoms with Crippen molar-refractivity contribution in [2.75, 3.05) is 0 Å². The van der Waals surface area contributed by atoms with Gasteiger partial charge in [0.2, 0.25) is 0 Å². The van der Waals surface area contributed by atoms with Crippen molar-refractivity contribution in [1.82, 2.24) is 9.97 Å². The van der Waals surface area contributed by atoms with Crippen LogP contribution in [-0.2, 0) is 6.42 Å². The Balaban J connectivity index is 1.13. The molecule has 2 aromatic heterocycles. The second kappa shape index (κ2) is 11.8. The molecule has 0 aliphatic rings. The second-order valence-electron chi connectivity index (χ2n) is 11.2. The summed E-state index contributed by atoms with van der Waals surface area (Å²) in [6, 6.07) is 45.1. The molecule has 6 heteroatoms. The topological polar surface area (TPSA) is 78.4 Å². The first-order valence-corrected chi connectivity index (χ1v) is 15.3. The molecule has 0 saturated carbocycles. The van der Waals surface area contributed by atoms with E-state index in [9.17, 15) is 9.59 Å². The van der Waals surface area contributed by atoms with Crippen LogP contribution in [0, 0.1) is 0 Å². The average molecular weight is 611 g/mol. The smallest absolute Gasteiger partial charge is 0.344 e. The quantitative estimate of drug-likeness (QED) is 0.106. The SMILES string of the molecule is O=C(Oc1ccccc1Cc1ccccc1OC(=O)c1c2ccccc2nc2ccccc12)c1c2ccccc2nc2ccccc12. The number of para-hydroxylation sites is 6. The number of rotatable bonds is 6. The Bertz CT molecular complexity index is 2220. The molecule has 8 rings (SSSR count). The maximum atomic E-state index is 13.9. The molecular formula is C41H26N2O4. The molecule has 47 heavy (non-hydrogen) atoms. The van der Waals surface area contributed by atoms with Crippen LogP contribution >= 0.6 is 0 Å².